The van der Waals surface area contributed by atoms with Crippen LogP contribution in [0.4, 0.5) is 4.79 Å². The SMILES string of the molecule is CC(C)(C)OC(=O)NNC=O. The fraction of sp³-hybridized carbons (Fsp3) is 0.667. The van der Waals surface area contributed by atoms with Crippen LogP contribution in [0.15, 0.2) is 0 Å². The summed E-state index contributed by atoms with van der Waals surface area (Å²) in [6, 6.07) is 0. The van der Waals surface area contributed by atoms with Crippen molar-refractivity contribution in [3.63, 3.8) is 0 Å². The van der Waals surface area contributed by atoms with E-state index in [9.17, 15) is 9.59 Å². The van der Waals surface area contributed by atoms with Crippen LogP contribution >= 0.6 is 0 Å². The lowest BCUT2D eigenvalue weighted by atomic mass is 10.2. The lowest BCUT2D eigenvalue weighted by Gasteiger charge is -2.18. The Kier molecular flexibility index (Phi) is 3.36. The van der Waals surface area contributed by atoms with E-state index in [2.05, 4.69) is 0 Å². The van der Waals surface area contributed by atoms with Gasteiger partial charge in [-0.05, 0) is 20.8 Å². The topological polar surface area (TPSA) is 67.4 Å². The molecule has 0 heterocycles. The van der Waals surface area contributed by atoms with Gasteiger partial charge in [0, 0.05) is 0 Å². The van der Waals surface area contributed by atoms with Crippen molar-refractivity contribution in [3.8, 4) is 0 Å². The Bertz CT molecular complexity index is 150. The van der Waals surface area contributed by atoms with Gasteiger partial charge in [-0.25, -0.2) is 10.2 Å². The number of carbonyl (C=O) groups excluding carboxylic acids is 2. The van der Waals surface area contributed by atoms with Crippen molar-refractivity contribution in [3.05, 3.63) is 0 Å². The number of hydrogen-bond donors (Lipinski definition) is 2. The summed E-state index contributed by atoms with van der Waals surface area (Å²) < 4.78 is 4.77. The predicted octanol–water partition coefficient (Wildman–Crippen LogP) is 0.172. The van der Waals surface area contributed by atoms with Gasteiger partial charge in [-0.1, -0.05) is 0 Å². The second kappa shape index (κ2) is 3.80. The van der Waals surface area contributed by atoms with E-state index in [1.807, 2.05) is 10.9 Å². The van der Waals surface area contributed by atoms with Gasteiger partial charge in [0.2, 0.25) is 6.41 Å². The van der Waals surface area contributed by atoms with Crippen LogP contribution in [0, 0.1) is 0 Å². The fourth-order valence-electron chi connectivity index (χ4n) is 0.392. The molecule has 11 heavy (non-hydrogen) atoms. The molecule has 0 aromatic rings. The van der Waals surface area contributed by atoms with E-state index in [1.165, 1.54) is 0 Å². The van der Waals surface area contributed by atoms with Gasteiger partial charge in [-0.3, -0.25) is 10.2 Å². The van der Waals surface area contributed by atoms with E-state index >= 15 is 0 Å². The summed E-state index contributed by atoms with van der Waals surface area (Å²) in [6.07, 6.45) is -0.325. The van der Waals surface area contributed by atoms with Gasteiger partial charge in [0.1, 0.15) is 5.60 Å². The molecule has 0 radical (unpaired) electrons. The highest BCUT2D eigenvalue weighted by atomic mass is 16.6. The average molecular weight is 160 g/mol. The van der Waals surface area contributed by atoms with Crippen LogP contribution in [-0.2, 0) is 9.53 Å². The molecule has 0 aliphatic rings. The summed E-state index contributed by atoms with van der Waals surface area (Å²) in [5, 5.41) is 0. The lowest BCUT2D eigenvalue weighted by molar-refractivity contribution is -0.110. The molecule has 0 aromatic carbocycles. The van der Waals surface area contributed by atoms with E-state index in [-0.39, 0.29) is 0 Å². The molecule has 0 unspecified atom stereocenters. The van der Waals surface area contributed by atoms with Gasteiger partial charge in [0.15, 0.2) is 0 Å². The zero-order chi connectivity index (χ0) is 8.91. The van der Waals surface area contributed by atoms with Crippen molar-refractivity contribution in [2.75, 3.05) is 0 Å². The summed E-state index contributed by atoms with van der Waals surface area (Å²) in [4.78, 5) is 20.4. The maximum atomic E-state index is 10.7. The molecule has 5 nitrogen and oxygen atoms in total. The fourth-order valence-corrected chi connectivity index (χ4v) is 0.392. The van der Waals surface area contributed by atoms with Gasteiger partial charge in [0.05, 0.1) is 0 Å². The highest BCUT2D eigenvalue weighted by Gasteiger charge is 2.15. The molecule has 0 atom stereocenters. The van der Waals surface area contributed by atoms with E-state index in [4.69, 9.17) is 4.74 Å². The first-order chi connectivity index (χ1) is 4.95. The Morgan fingerprint density at radius 3 is 2.36 bits per heavy atom. The minimum Gasteiger partial charge on any atom is -0.443 e. The summed E-state index contributed by atoms with van der Waals surface area (Å²) in [5.74, 6) is 0. The van der Waals surface area contributed by atoms with Crippen LogP contribution in [0.3, 0.4) is 0 Å². The van der Waals surface area contributed by atoms with Gasteiger partial charge >= 0.3 is 6.09 Å². The number of ether oxygens (including phenoxy) is 1. The largest absolute Gasteiger partial charge is 0.443 e. The molecule has 0 aliphatic heterocycles. The van der Waals surface area contributed by atoms with Crippen LogP contribution in [0.2, 0.25) is 0 Å². The molecule has 64 valence electrons. The molecule has 2 N–H and O–H groups in total. The molecule has 5 heteroatoms. The Morgan fingerprint density at radius 2 is 2.00 bits per heavy atom. The molecule has 0 bridgehead atoms. The molecule has 2 amide bonds. The Labute approximate surface area is 65.1 Å². The molecular weight excluding hydrogens is 148 g/mol. The first-order valence-corrected chi connectivity index (χ1v) is 3.14. The van der Waals surface area contributed by atoms with Gasteiger partial charge < -0.3 is 4.74 Å². The highest BCUT2D eigenvalue weighted by molar-refractivity contribution is 5.69. The molecule has 0 rings (SSSR count). The summed E-state index contributed by atoms with van der Waals surface area (Å²) in [5.41, 5.74) is 3.43. The normalized spacial score (nSPS) is 10.1. The molecule has 0 fully saturated rings. The van der Waals surface area contributed by atoms with Crippen molar-refractivity contribution < 1.29 is 14.3 Å². The monoisotopic (exact) mass is 160 g/mol. The smallest absolute Gasteiger partial charge is 0.426 e. The quantitative estimate of drug-likeness (QED) is 0.447. The number of nitrogens with one attached hydrogen (secondary N) is 2. The van der Waals surface area contributed by atoms with E-state index in [0.717, 1.165) is 0 Å². The molecule has 0 saturated heterocycles. The zero-order valence-corrected chi connectivity index (χ0v) is 6.80. The van der Waals surface area contributed by atoms with E-state index in [1.54, 1.807) is 20.8 Å². The van der Waals surface area contributed by atoms with Crippen molar-refractivity contribution in [1.82, 2.24) is 10.9 Å². The van der Waals surface area contributed by atoms with Crippen molar-refractivity contribution >= 4 is 12.5 Å². The maximum Gasteiger partial charge on any atom is 0.426 e. The highest BCUT2D eigenvalue weighted by Crippen LogP contribution is 2.05. The Morgan fingerprint density at radius 1 is 1.45 bits per heavy atom. The third-order valence-electron chi connectivity index (χ3n) is 0.632. The number of hydrazine groups is 1. The second-order valence-corrected chi connectivity index (χ2v) is 2.89. The van der Waals surface area contributed by atoms with Crippen molar-refractivity contribution in [2.24, 2.45) is 0 Å². The third-order valence-corrected chi connectivity index (χ3v) is 0.632. The molecular formula is C6H12N2O3. The number of rotatable bonds is 2. The minimum atomic E-state index is -0.676. The van der Waals surface area contributed by atoms with Gasteiger partial charge in [0.25, 0.3) is 0 Å². The van der Waals surface area contributed by atoms with Crippen LogP contribution in [-0.4, -0.2) is 18.1 Å². The van der Waals surface area contributed by atoms with Crippen LogP contribution < -0.4 is 10.9 Å². The van der Waals surface area contributed by atoms with E-state index in [0.29, 0.717) is 6.41 Å². The molecule has 0 saturated carbocycles. The molecule has 0 aromatic heterocycles. The Hall–Kier alpha value is -1.26. The third kappa shape index (κ3) is 6.63. The van der Waals surface area contributed by atoms with Gasteiger partial charge in [-0.2, -0.15) is 0 Å². The molecule has 0 aliphatic carbocycles. The number of amides is 2. The van der Waals surface area contributed by atoms with Crippen LogP contribution in [0.5, 0.6) is 0 Å². The zero-order valence-electron chi connectivity index (χ0n) is 6.80. The van der Waals surface area contributed by atoms with Crippen LogP contribution in [0.25, 0.3) is 0 Å². The first kappa shape index (κ1) is 9.74. The number of hydrogen-bond acceptors (Lipinski definition) is 3. The van der Waals surface area contributed by atoms with Gasteiger partial charge in [-0.15, -0.1) is 0 Å². The average Bonchev–Trinajstić information content (AvgIpc) is 1.79. The van der Waals surface area contributed by atoms with Crippen LogP contribution in [0.1, 0.15) is 20.8 Å². The lowest BCUT2D eigenvalue weighted by Crippen LogP contribution is -2.40. The first-order valence-electron chi connectivity index (χ1n) is 3.14. The summed E-state index contributed by atoms with van der Waals surface area (Å²) in [6.45, 7) is 5.19. The number of carbonyl (C=O) groups is 2. The van der Waals surface area contributed by atoms with Crippen molar-refractivity contribution in [2.45, 2.75) is 26.4 Å². The van der Waals surface area contributed by atoms with E-state index < -0.39 is 11.7 Å². The standard InChI is InChI=1S/C6H12N2O3/c1-6(2,3)11-5(10)8-7-4-9/h4H,1-3H3,(H,7,9)(H,8,10). The maximum absolute atomic E-state index is 10.7. The summed E-state index contributed by atoms with van der Waals surface area (Å²) >= 11 is 0. The minimum absolute atomic E-state index is 0.351. The summed E-state index contributed by atoms with van der Waals surface area (Å²) in [7, 11) is 0. The Balaban J connectivity index is 3.61. The van der Waals surface area contributed by atoms with Crippen molar-refractivity contribution in [1.29, 1.82) is 0 Å². The second-order valence-electron chi connectivity index (χ2n) is 2.89. The molecule has 0 spiro atoms. The predicted molar refractivity (Wildman–Crippen MR) is 38.6 cm³/mol.